The number of likely N-dealkylation sites (N-methyl/N-ethyl adjacent to an activating group) is 1. The minimum atomic E-state index is 0.0293. The molecule has 0 fully saturated rings. The van der Waals surface area contributed by atoms with E-state index in [0.717, 1.165) is 24.8 Å². The quantitative estimate of drug-likeness (QED) is 0.907. The highest BCUT2D eigenvalue weighted by atomic mass is 35.5. The highest BCUT2D eigenvalue weighted by Gasteiger charge is 2.13. The van der Waals surface area contributed by atoms with Crippen LogP contribution in [-0.4, -0.2) is 43.6 Å². The zero-order valence-electron chi connectivity index (χ0n) is 10.7. The number of para-hydroxylation sites is 1. The first-order chi connectivity index (χ1) is 8.66. The first kappa shape index (κ1) is 13.0. The van der Waals surface area contributed by atoms with Crippen LogP contribution in [0.25, 0.3) is 0 Å². The van der Waals surface area contributed by atoms with E-state index < -0.39 is 0 Å². The van der Waals surface area contributed by atoms with E-state index in [0.29, 0.717) is 11.6 Å². The molecule has 5 heteroatoms. The second-order valence-electron chi connectivity index (χ2n) is 4.37. The Hall–Kier alpha value is -1.42. The van der Waals surface area contributed by atoms with E-state index in [4.69, 9.17) is 16.3 Å². The monoisotopic (exact) mass is 267 g/mol. The van der Waals surface area contributed by atoms with Gasteiger partial charge in [0.05, 0.1) is 18.1 Å². The van der Waals surface area contributed by atoms with Crippen molar-refractivity contribution in [2.24, 2.45) is 4.99 Å². The number of benzene rings is 1. The van der Waals surface area contributed by atoms with Crippen molar-refractivity contribution >= 4 is 17.6 Å². The summed E-state index contributed by atoms with van der Waals surface area (Å²) in [5.41, 5.74) is 0. The molecule has 0 amide bonds. The van der Waals surface area contributed by atoms with Gasteiger partial charge in [0.15, 0.2) is 5.96 Å². The summed E-state index contributed by atoms with van der Waals surface area (Å²) in [5, 5.41) is 3.92. The fourth-order valence-electron chi connectivity index (χ4n) is 1.76. The highest BCUT2D eigenvalue weighted by Crippen LogP contribution is 2.23. The molecule has 0 bridgehead atoms. The van der Waals surface area contributed by atoms with Gasteiger partial charge in [-0.25, -0.2) is 0 Å². The second kappa shape index (κ2) is 5.96. The van der Waals surface area contributed by atoms with Gasteiger partial charge in [-0.15, -0.1) is 0 Å². The van der Waals surface area contributed by atoms with Crippen LogP contribution in [0, 0.1) is 0 Å². The van der Waals surface area contributed by atoms with E-state index >= 15 is 0 Å². The zero-order valence-corrected chi connectivity index (χ0v) is 11.4. The van der Waals surface area contributed by atoms with Gasteiger partial charge in [-0.2, -0.15) is 0 Å². The van der Waals surface area contributed by atoms with Crippen LogP contribution in [0.5, 0.6) is 5.75 Å². The van der Waals surface area contributed by atoms with Gasteiger partial charge < -0.3 is 15.0 Å². The predicted molar refractivity (Wildman–Crippen MR) is 74.5 cm³/mol. The molecule has 0 aliphatic carbocycles. The Morgan fingerprint density at radius 1 is 1.50 bits per heavy atom. The molecule has 4 nitrogen and oxygen atoms in total. The number of halogens is 1. The van der Waals surface area contributed by atoms with Gasteiger partial charge in [0.25, 0.3) is 0 Å². The number of nitrogens with one attached hydrogen (secondary N) is 1. The maximum Gasteiger partial charge on any atom is 0.193 e. The van der Waals surface area contributed by atoms with Crippen LogP contribution in [0.4, 0.5) is 0 Å². The van der Waals surface area contributed by atoms with Crippen molar-refractivity contribution in [2.75, 3.05) is 26.7 Å². The third-order valence-corrected chi connectivity index (χ3v) is 3.08. The van der Waals surface area contributed by atoms with Gasteiger partial charge in [0.1, 0.15) is 11.9 Å². The van der Waals surface area contributed by atoms with Crippen molar-refractivity contribution in [2.45, 2.75) is 13.0 Å². The average molecular weight is 268 g/mol. The molecular weight excluding hydrogens is 250 g/mol. The molecule has 1 aromatic rings. The lowest BCUT2D eigenvalue weighted by Gasteiger charge is -2.19. The topological polar surface area (TPSA) is 36.9 Å². The highest BCUT2D eigenvalue weighted by molar-refractivity contribution is 6.32. The van der Waals surface area contributed by atoms with Crippen LogP contribution >= 0.6 is 11.6 Å². The first-order valence-electron chi connectivity index (χ1n) is 6.07. The van der Waals surface area contributed by atoms with Crippen LogP contribution in [0.15, 0.2) is 29.3 Å². The second-order valence-corrected chi connectivity index (χ2v) is 4.77. The minimum Gasteiger partial charge on any atom is -0.487 e. The maximum absolute atomic E-state index is 6.04. The van der Waals surface area contributed by atoms with Gasteiger partial charge in [-0.3, -0.25) is 4.99 Å². The van der Waals surface area contributed by atoms with E-state index in [1.165, 1.54) is 0 Å². The van der Waals surface area contributed by atoms with Crippen LogP contribution in [-0.2, 0) is 0 Å². The molecule has 98 valence electrons. The SMILES string of the molecule is CC(CNC1=NCCN1C)Oc1ccccc1Cl. The number of guanidine groups is 1. The fourth-order valence-corrected chi connectivity index (χ4v) is 1.94. The number of hydrogen-bond donors (Lipinski definition) is 1. The molecule has 1 unspecified atom stereocenters. The number of aliphatic imine (C=N–C) groups is 1. The smallest absolute Gasteiger partial charge is 0.193 e. The van der Waals surface area contributed by atoms with Crippen molar-refractivity contribution in [1.82, 2.24) is 10.2 Å². The predicted octanol–water partition coefficient (Wildman–Crippen LogP) is 2.00. The van der Waals surface area contributed by atoms with E-state index in [-0.39, 0.29) is 6.10 Å². The summed E-state index contributed by atoms with van der Waals surface area (Å²) in [5.74, 6) is 1.65. The largest absolute Gasteiger partial charge is 0.487 e. The lowest BCUT2D eigenvalue weighted by Crippen LogP contribution is -2.40. The van der Waals surface area contributed by atoms with Crippen molar-refractivity contribution in [3.63, 3.8) is 0 Å². The molecule has 0 spiro atoms. The summed E-state index contributed by atoms with van der Waals surface area (Å²) < 4.78 is 5.77. The number of rotatable bonds is 4. The molecule has 0 saturated heterocycles. The van der Waals surface area contributed by atoms with E-state index in [1.807, 2.05) is 38.2 Å². The molecule has 0 radical (unpaired) electrons. The molecular formula is C13H18ClN3O. The normalized spacial score (nSPS) is 16.4. The van der Waals surface area contributed by atoms with Gasteiger partial charge >= 0.3 is 0 Å². The Labute approximate surface area is 113 Å². The molecule has 0 saturated carbocycles. The van der Waals surface area contributed by atoms with E-state index in [9.17, 15) is 0 Å². The average Bonchev–Trinajstić information content (AvgIpc) is 2.75. The molecule has 2 rings (SSSR count). The lowest BCUT2D eigenvalue weighted by molar-refractivity contribution is 0.223. The fraction of sp³-hybridized carbons (Fsp3) is 0.462. The molecule has 1 aliphatic heterocycles. The van der Waals surface area contributed by atoms with Crippen LogP contribution in [0.1, 0.15) is 6.92 Å². The van der Waals surface area contributed by atoms with Crippen LogP contribution < -0.4 is 10.1 Å². The van der Waals surface area contributed by atoms with Crippen molar-refractivity contribution < 1.29 is 4.74 Å². The molecule has 1 aromatic carbocycles. The Balaban J connectivity index is 1.82. The summed E-state index contributed by atoms with van der Waals surface area (Å²) in [6, 6.07) is 7.50. The maximum atomic E-state index is 6.04. The third-order valence-electron chi connectivity index (χ3n) is 2.77. The molecule has 1 N–H and O–H groups in total. The molecule has 1 heterocycles. The Kier molecular flexibility index (Phi) is 4.31. The minimum absolute atomic E-state index is 0.0293. The van der Waals surface area contributed by atoms with Gasteiger partial charge in [0.2, 0.25) is 0 Å². The Morgan fingerprint density at radius 2 is 2.28 bits per heavy atom. The summed E-state index contributed by atoms with van der Waals surface area (Å²) in [6.45, 7) is 4.54. The van der Waals surface area contributed by atoms with Gasteiger partial charge in [-0.05, 0) is 19.1 Å². The number of ether oxygens (including phenoxy) is 1. The molecule has 1 atom stereocenters. The first-order valence-corrected chi connectivity index (χ1v) is 6.45. The summed E-state index contributed by atoms with van der Waals surface area (Å²) >= 11 is 6.04. The Morgan fingerprint density at radius 3 is 2.94 bits per heavy atom. The number of hydrogen-bond acceptors (Lipinski definition) is 4. The summed E-state index contributed by atoms with van der Waals surface area (Å²) in [4.78, 5) is 6.46. The van der Waals surface area contributed by atoms with Gasteiger partial charge in [0, 0.05) is 13.6 Å². The molecule has 0 aromatic heterocycles. The number of nitrogens with zero attached hydrogens (tertiary/aromatic N) is 2. The lowest BCUT2D eigenvalue weighted by atomic mass is 10.3. The summed E-state index contributed by atoms with van der Waals surface area (Å²) in [7, 11) is 2.03. The van der Waals surface area contributed by atoms with Crippen molar-refractivity contribution in [3.05, 3.63) is 29.3 Å². The molecule has 1 aliphatic rings. The zero-order chi connectivity index (χ0) is 13.0. The van der Waals surface area contributed by atoms with Crippen LogP contribution in [0.2, 0.25) is 5.02 Å². The van der Waals surface area contributed by atoms with Crippen molar-refractivity contribution in [3.8, 4) is 5.75 Å². The standard InChI is InChI=1S/C13H18ClN3O/c1-10(9-16-13-15-7-8-17(13)2)18-12-6-4-3-5-11(12)14/h3-6,10H,7-9H2,1-2H3,(H,15,16). The molecule has 18 heavy (non-hydrogen) atoms. The van der Waals surface area contributed by atoms with Crippen molar-refractivity contribution in [1.29, 1.82) is 0 Å². The van der Waals surface area contributed by atoms with Crippen LogP contribution in [0.3, 0.4) is 0 Å². The Bertz CT molecular complexity index is 436. The van der Waals surface area contributed by atoms with E-state index in [1.54, 1.807) is 0 Å². The van der Waals surface area contributed by atoms with E-state index in [2.05, 4.69) is 15.2 Å². The summed E-state index contributed by atoms with van der Waals surface area (Å²) in [6.07, 6.45) is 0.0293. The third kappa shape index (κ3) is 3.29. The van der Waals surface area contributed by atoms with Gasteiger partial charge in [-0.1, -0.05) is 23.7 Å².